The molecule has 0 aliphatic carbocycles. The van der Waals surface area contributed by atoms with Crippen LogP contribution in [0.2, 0.25) is 0 Å². The average molecular weight is 379 g/mol. The number of nitrogens with one attached hydrogen (secondary N) is 1. The molecule has 2 aromatic carbocycles. The van der Waals surface area contributed by atoms with E-state index in [0.29, 0.717) is 17.8 Å². The molecule has 0 atom stereocenters. The maximum Gasteiger partial charge on any atom is 0.266 e. The second-order valence-electron chi connectivity index (χ2n) is 6.48. The number of rotatable bonds is 8. The van der Waals surface area contributed by atoms with Crippen LogP contribution in [0, 0.1) is 5.82 Å². The summed E-state index contributed by atoms with van der Waals surface area (Å²) in [5, 5.41) is 7.15. The van der Waals surface area contributed by atoms with Crippen molar-refractivity contribution in [1.29, 1.82) is 0 Å². The first-order chi connectivity index (χ1) is 13.6. The molecule has 3 rings (SSSR count). The molecule has 0 fully saturated rings. The van der Waals surface area contributed by atoms with Crippen LogP contribution in [0.25, 0.3) is 11.3 Å². The summed E-state index contributed by atoms with van der Waals surface area (Å²) in [4.78, 5) is 24.0. The molecular weight excluding hydrogens is 357 g/mol. The zero-order chi connectivity index (χ0) is 19.8. The standard InChI is InChI=1S/C22H22FN3O2/c23-19-10-8-18(9-11-19)20-12-13-22(28)26(25-20)16-14-21(27)24-15-4-7-17-5-2-1-3-6-17/h1-3,5-6,8-13H,4,7,14-16H2,(H,24,27). The number of halogens is 1. The zero-order valence-electron chi connectivity index (χ0n) is 15.5. The minimum Gasteiger partial charge on any atom is -0.356 e. The Morgan fingerprint density at radius 2 is 1.75 bits per heavy atom. The van der Waals surface area contributed by atoms with Gasteiger partial charge in [-0.3, -0.25) is 9.59 Å². The molecule has 1 aromatic heterocycles. The lowest BCUT2D eigenvalue weighted by Crippen LogP contribution is -2.29. The molecule has 1 heterocycles. The van der Waals surface area contributed by atoms with Gasteiger partial charge in [0.2, 0.25) is 5.91 Å². The third kappa shape index (κ3) is 5.61. The van der Waals surface area contributed by atoms with Gasteiger partial charge in [0.25, 0.3) is 5.56 Å². The van der Waals surface area contributed by atoms with E-state index in [2.05, 4.69) is 22.5 Å². The molecular formula is C22H22FN3O2. The first-order valence-corrected chi connectivity index (χ1v) is 9.26. The Labute approximate surface area is 162 Å². The number of hydrogen-bond acceptors (Lipinski definition) is 3. The van der Waals surface area contributed by atoms with E-state index in [1.54, 1.807) is 18.2 Å². The largest absolute Gasteiger partial charge is 0.356 e. The van der Waals surface area contributed by atoms with Gasteiger partial charge < -0.3 is 5.32 Å². The number of carbonyl (C=O) groups is 1. The van der Waals surface area contributed by atoms with Crippen molar-refractivity contribution >= 4 is 5.91 Å². The van der Waals surface area contributed by atoms with Crippen LogP contribution in [-0.4, -0.2) is 22.2 Å². The monoisotopic (exact) mass is 379 g/mol. The number of aromatic nitrogens is 2. The fourth-order valence-electron chi connectivity index (χ4n) is 2.84. The van der Waals surface area contributed by atoms with Crippen molar-refractivity contribution in [3.8, 4) is 11.3 Å². The van der Waals surface area contributed by atoms with Crippen molar-refractivity contribution < 1.29 is 9.18 Å². The second-order valence-corrected chi connectivity index (χ2v) is 6.48. The van der Waals surface area contributed by atoms with Crippen molar-refractivity contribution in [2.24, 2.45) is 0 Å². The van der Waals surface area contributed by atoms with Crippen LogP contribution in [0.4, 0.5) is 4.39 Å². The molecule has 0 aliphatic heterocycles. The van der Waals surface area contributed by atoms with Crippen molar-refractivity contribution in [2.45, 2.75) is 25.8 Å². The Morgan fingerprint density at radius 1 is 1.00 bits per heavy atom. The van der Waals surface area contributed by atoms with Crippen LogP contribution in [0.5, 0.6) is 0 Å². The molecule has 0 saturated carbocycles. The highest BCUT2D eigenvalue weighted by molar-refractivity contribution is 5.75. The highest BCUT2D eigenvalue weighted by atomic mass is 19.1. The van der Waals surface area contributed by atoms with Crippen molar-refractivity contribution in [3.05, 3.63) is 88.5 Å². The minimum atomic E-state index is -0.332. The van der Waals surface area contributed by atoms with Crippen LogP contribution in [-0.2, 0) is 17.8 Å². The second kappa shape index (κ2) is 9.60. The summed E-state index contributed by atoms with van der Waals surface area (Å²) in [5.74, 6) is -0.449. The Kier molecular flexibility index (Phi) is 6.68. The van der Waals surface area contributed by atoms with Gasteiger partial charge >= 0.3 is 0 Å². The van der Waals surface area contributed by atoms with Gasteiger partial charge in [-0.1, -0.05) is 30.3 Å². The van der Waals surface area contributed by atoms with Crippen LogP contribution in [0.15, 0.2) is 71.5 Å². The molecule has 0 bridgehead atoms. The van der Waals surface area contributed by atoms with Gasteiger partial charge in [0.05, 0.1) is 12.2 Å². The first kappa shape index (κ1) is 19.5. The predicted molar refractivity (Wildman–Crippen MR) is 106 cm³/mol. The van der Waals surface area contributed by atoms with E-state index in [4.69, 9.17) is 0 Å². The molecule has 28 heavy (non-hydrogen) atoms. The zero-order valence-corrected chi connectivity index (χ0v) is 15.5. The predicted octanol–water partition coefficient (Wildman–Crippen LogP) is 3.19. The molecule has 0 saturated heterocycles. The van der Waals surface area contributed by atoms with Crippen molar-refractivity contribution in [1.82, 2.24) is 15.1 Å². The lowest BCUT2D eigenvalue weighted by molar-refractivity contribution is -0.121. The van der Waals surface area contributed by atoms with Crippen molar-refractivity contribution in [3.63, 3.8) is 0 Å². The number of benzene rings is 2. The Bertz CT molecular complexity index is 969. The van der Waals surface area contributed by atoms with E-state index >= 15 is 0 Å². The van der Waals surface area contributed by atoms with Gasteiger partial charge in [-0.25, -0.2) is 9.07 Å². The third-order valence-electron chi connectivity index (χ3n) is 4.36. The Balaban J connectivity index is 1.49. The van der Waals surface area contributed by atoms with Gasteiger partial charge in [-0.15, -0.1) is 0 Å². The Hall–Kier alpha value is -3.28. The van der Waals surface area contributed by atoms with Crippen molar-refractivity contribution in [2.75, 3.05) is 6.54 Å². The highest BCUT2D eigenvalue weighted by Crippen LogP contribution is 2.15. The smallest absolute Gasteiger partial charge is 0.266 e. The summed E-state index contributed by atoms with van der Waals surface area (Å²) in [7, 11) is 0. The van der Waals surface area contributed by atoms with E-state index < -0.39 is 0 Å². The molecule has 5 nitrogen and oxygen atoms in total. The lowest BCUT2D eigenvalue weighted by atomic mass is 10.1. The van der Waals surface area contributed by atoms with E-state index in [9.17, 15) is 14.0 Å². The molecule has 0 unspecified atom stereocenters. The van der Waals surface area contributed by atoms with Gasteiger partial charge in [0.1, 0.15) is 5.82 Å². The molecule has 0 radical (unpaired) electrons. The van der Waals surface area contributed by atoms with Gasteiger partial charge in [0.15, 0.2) is 0 Å². The number of amides is 1. The maximum absolute atomic E-state index is 13.1. The Morgan fingerprint density at radius 3 is 2.50 bits per heavy atom. The average Bonchev–Trinajstić information content (AvgIpc) is 2.72. The number of hydrogen-bond donors (Lipinski definition) is 1. The maximum atomic E-state index is 13.1. The SMILES string of the molecule is O=C(CCn1nc(-c2ccc(F)cc2)ccc1=O)NCCCc1ccccc1. The summed E-state index contributed by atoms with van der Waals surface area (Å²) in [6, 6.07) is 19.0. The van der Waals surface area contributed by atoms with E-state index in [0.717, 1.165) is 12.8 Å². The molecule has 6 heteroatoms. The molecule has 1 amide bonds. The fourth-order valence-corrected chi connectivity index (χ4v) is 2.84. The van der Waals surface area contributed by atoms with Gasteiger partial charge in [0, 0.05) is 24.6 Å². The summed E-state index contributed by atoms with van der Waals surface area (Å²) in [6.07, 6.45) is 1.93. The van der Waals surface area contributed by atoms with Crippen LogP contribution >= 0.6 is 0 Å². The molecule has 3 aromatic rings. The van der Waals surface area contributed by atoms with Crippen LogP contribution in [0.1, 0.15) is 18.4 Å². The lowest BCUT2D eigenvalue weighted by Gasteiger charge is -2.08. The highest BCUT2D eigenvalue weighted by Gasteiger charge is 2.07. The minimum absolute atomic E-state index is 0.117. The van der Waals surface area contributed by atoms with E-state index in [1.165, 1.54) is 28.4 Å². The summed E-state index contributed by atoms with van der Waals surface area (Å²) in [5.41, 5.74) is 2.23. The molecule has 144 valence electrons. The normalized spacial score (nSPS) is 10.6. The van der Waals surface area contributed by atoms with Gasteiger partial charge in [-0.2, -0.15) is 5.10 Å². The quantitative estimate of drug-likeness (QED) is 0.612. The summed E-state index contributed by atoms with van der Waals surface area (Å²) >= 11 is 0. The van der Waals surface area contributed by atoms with Crippen LogP contribution < -0.4 is 10.9 Å². The molecule has 0 aliphatic rings. The molecule has 1 N–H and O–H groups in total. The fraction of sp³-hybridized carbons (Fsp3) is 0.227. The number of carbonyl (C=O) groups excluding carboxylic acids is 1. The third-order valence-corrected chi connectivity index (χ3v) is 4.36. The van der Waals surface area contributed by atoms with E-state index in [-0.39, 0.29) is 30.2 Å². The summed E-state index contributed by atoms with van der Waals surface area (Å²) < 4.78 is 14.3. The first-order valence-electron chi connectivity index (χ1n) is 9.26. The topological polar surface area (TPSA) is 64.0 Å². The number of aryl methyl sites for hydroxylation is 2. The summed E-state index contributed by atoms with van der Waals surface area (Å²) in [6.45, 7) is 0.782. The van der Waals surface area contributed by atoms with E-state index in [1.807, 2.05) is 18.2 Å². The van der Waals surface area contributed by atoms with Gasteiger partial charge in [-0.05, 0) is 48.7 Å². The molecule has 0 spiro atoms. The van der Waals surface area contributed by atoms with Crippen LogP contribution in [0.3, 0.4) is 0 Å². The number of nitrogens with zero attached hydrogens (tertiary/aromatic N) is 2.